The monoisotopic (exact) mass is 360 g/mol. The molecule has 3 heterocycles. The van der Waals surface area contributed by atoms with Crippen molar-refractivity contribution in [3.8, 4) is 0 Å². The quantitative estimate of drug-likeness (QED) is 0.717. The molecule has 0 N–H and O–H groups in total. The van der Waals surface area contributed by atoms with Gasteiger partial charge in [-0.2, -0.15) is 4.31 Å². The van der Waals surface area contributed by atoms with E-state index in [2.05, 4.69) is 10.2 Å². The van der Waals surface area contributed by atoms with Crippen LogP contribution >= 0.6 is 0 Å². The van der Waals surface area contributed by atoms with E-state index in [-0.39, 0.29) is 17.6 Å². The SMILES string of the molecule is O=S(=O)(Cc1ccc(F)cc1)N1CCC[C@@H]1c1nnc2ccccn12. The minimum absolute atomic E-state index is 0.152. The number of pyridine rings is 1. The summed E-state index contributed by atoms with van der Waals surface area (Å²) < 4.78 is 42.2. The Morgan fingerprint density at radius 2 is 1.92 bits per heavy atom. The van der Waals surface area contributed by atoms with E-state index < -0.39 is 10.0 Å². The normalized spacial score (nSPS) is 18.8. The Hall–Kier alpha value is -2.32. The van der Waals surface area contributed by atoms with Crippen molar-refractivity contribution in [3.05, 3.63) is 65.9 Å². The molecule has 3 aromatic rings. The van der Waals surface area contributed by atoms with Gasteiger partial charge < -0.3 is 0 Å². The molecule has 0 aliphatic carbocycles. The number of hydrogen-bond donors (Lipinski definition) is 0. The number of benzene rings is 1. The first kappa shape index (κ1) is 16.2. The molecule has 0 amide bonds. The number of sulfonamides is 1. The van der Waals surface area contributed by atoms with E-state index >= 15 is 0 Å². The van der Waals surface area contributed by atoms with Gasteiger partial charge in [0.15, 0.2) is 11.5 Å². The molecule has 2 aromatic heterocycles. The van der Waals surface area contributed by atoms with Crippen molar-refractivity contribution in [1.82, 2.24) is 18.9 Å². The molecule has 1 saturated heterocycles. The zero-order valence-electron chi connectivity index (χ0n) is 13.4. The Morgan fingerprint density at radius 1 is 1.12 bits per heavy atom. The summed E-state index contributed by atoms with van der Waals surface area (Å²) >= 11 is 0. The largest absolute Gasteiger partial charge is 0.285 e. The molecule has 0 radical (unpaired) electrons. The lowest BCUT2D eigenvalue weighted by Crippen LogP contribution is -2.32. The van der Waals surface area contributed by atoms with Crippen molar-refractivity contribution < 1.29 is 12.8 Å². The lowest BCUT2D eigenvalue weighted by molar-refractivity contribution is 0.381. The molecule has 4 rings (SSSR count). The second-order valence-electron chi connectivity index (χ2n) is 6.14. The van der Waals surface area contributed by atoms with Crippen LogP contribution in [0.5, 0.6) is 0 Å². The maximum atomic E-state index is 13.0. The zero-order valence-corrected chi connectivity index (χ0v) is 14.2. The van der Waals surface area contributed by atoms with Crippen LogP contribution in [0.2, 0.25) is 0 Å². The number of rotatable bonds is 4. The van der Waals surface area contributed by atoms with Crippen LogP contribution in [-0.2, 0) is 15.8 Å². The van der Waals surface area contributed by atoms with Crippen molar-refractivity contribution in [2.45, 2.75) is 24.6 Å². The van der Waals surface area contributed by atoms with Gasteiger partial charge >= 0.3 is 0 Å². The van der Waals surface area contributed by atoms with Crippen LogP contribution in [-0.4, -0.2) is 33.9 Å². The Kier molecular flexibility index (Phi) is 4.01. The third-order valence-corrected chi connectivity index (χ3v) is 6.31. The fourth-order valence-corrected chi connectivity index (χ4v) is 5.07. The third kappa shape index (κ3) is 3.03. The summed E-state index contributed by atoms with van der Waals surface area (Å²) in [6.45, 7) is 0.454. The van der Waals surface area contributed by atoms with Gasteiger partial charge in [0.05, 0.1) is 11.8 Å². The summed E-state index contributed by atoms with van der Waals surface area (Å²) in [4.78, 5) is 0. The van der Waals surface area contributed by atoms with Gasteiger partial charge in [-0.25, -0.2) is 12.8 Å². The highest BCUT2D eigenvalue weighted by molar-refractivity contribution is 7.88. The summed E-state index contributed by atoms with van der Waals surface area (Å²) in [5, 5.41) is 8.34. The Labute approximate surface area is 145 Å². The van der Waals surface area contributed by atoms with Gasteiger partial charge in [0.25, 0.3) is 0 Å². The van der Waals surface area contributed by atoms with Crippen LogP contribution in [0.15, 0.2) is 48.7 Å². The summed E-state index contributed by atoms with van der Waals surface area (Å²) in [7, 11) is -3.54. The molecule has 0 bridgehead atoms. The summed E-state index contributed by atoms with van der Waals surface area (Å²) in [5.74, 6) is 0.103. The second-order valence-corrected chi connectivity index (χ2v) is 8.06. The summed E-state index contributed by atoms with van der Waals surface area (Å²) in [6.07, 6.45) is 3.32. The fraction of sp³-hybridized carbons (Fsp3) is 0.294. The highest BCUT2D eigenvalue weighted by Gasteiger charge is 2.37. The van der Waals surface area contributed by atoms with Gasteiger partial charge in [-0.3, -0.25) is 4.40 Å². The first-order valence-corrected chi connectivity index (χ1v) is 9.69. The predicted octanol–water partition coefficient (Wildman–Crippen LogP) is 2.54. The average Bonchev–Trinajstić information content (AvgIpc) is 3.23. The van der Waals surface area contributed by atoms with Crippen molar-refractivity contribution in [2.75, 3.05) is 6.54 Å². The lowest BCUT2D eigenvalue weighted by atomic mass is 10.2. The van der Waals surface area contributed by atoms with Gasteiger partial charge in [-0.05, 0) is 42.7 Å². The van der Waals surface area contributed by atoms with Crippen molar-refractivity contribution in [2.24, 2.45) is 0 Å². The molecular formula is C17H17FN4O2S. The molecular weight excluding hydrogens is 343 g/mol. The molecule has 1 aliphatic heterocycles. The van der Waals surface area contributed by atoms with Gasteiger partial charge in [-0.15, -0.1) is 10.2 Å². The molecule has 0 saturated carbocycles. The van der Waals surface area contributed by atoms with E-state index in [4.69, 9.17) is 0 Å². The Balaban J connectivity index is 1.65. The minimum atomic E-state index is -3.54. The number of halogens is 1. The lowest BCUT2D eigenvalue weighted by Gasteiger charge is -2.23. The average molecular weight is 360 g/mol. The molecule has 1 atom stereocenters. The van der Waals surface area contributed by atoms with Gasteiger partial charge in [0.1, 0.15) is 5.82 Å². The molecule has 0 unspecified atom stereocenters. The van der Waals surface area contributed by atoms with Crippen LogP contribution in [0.3, 0.4) is 0 Å². The standard InChI is InChI=1S/C17H17FN4O2S/c18-14-8-6-13(7-9-14)12-25(23,24)22-11-3-4-15(22)17-20-19-16-5-1-2-10-21(16)17/h1-2,5-10,15H,3-4,11-12H2/t15-/m1/s1. The molecule has 1 aliphatic rings. The number of fused-ring (bicyclic) bond motifs is 1. The third-order valence-electron chi connectivity index (χ3n) is 4.46. The van der Waals surface area contributed by atoms with E-state index in [9.17, 15) is 12.8 Å². The zero-order chi connectivity index (χ0) is 17.4. The number of hydrogen-bond acceptors (Lipinski definition) is 4. The van der Waals surface area contributed by atoms with Crippen LogP contribution in [0.4, 0.5) is 4.39 Å². The van der Waals surface area contributed by atoms with Gasteiger partial charge in [0.2, 0.25) is 10.0 Å². The summed E-state index contributed by atoms with van der Waals surface area (Å²) in [6, 6.07) is 10.8. The fourth-order valence-electron chi connectivity index (χ4n) is 3.29. The second kappa shape index (κ2) is 6.20. The van der Waals surface area contributed by atoms with Crippen LogP contribution in [0.1, 0.15) is 30.3 Å². The predicted molar refractivity (Wildman–Crippen MR) is 90.7 cm³/mol. The molecule has 25 heavy (non-hydrogen) atoms. The molecule has 1 aromatic carbocycles. The van der Waals surface area contributed by atoms with Gasteiger partial charge in [-0.1, -0.05) is 18.2 Å². The van der Waals surface area contributed by atoms with E-state index in [0.29, 0.717) is 30.0 Å². The summed E-state index contributed by atoms with van der Waals surface area (Å²) in [5.41, 5.74) is 1.26. The first-order chi connectivity index (χ1) is 12.0. The first-order valence-electron chi connectivity index (χ1n) is 8.08. The minimum Gasteiger partial charge on any atom is -0.285 e. The van der Waals surface area contributed by atoms with E-state index in [1.165, 1.54) is 28.6 Å². The number of nitrogens with zero attached hydrogens (tertiary/aromatic N) is 4. The smallest absolute Gasteiger partial charge is 0.218 e. The molecule has 6 nitrogen and oxygen atoms in total. The Bertz CT molecular complexity index is 1000. The van der Waals surface area contributed by atoms with Crippen LogP contribution in [0, 0.1) is 5.82 Å². The number of aromatic nitrogens is 3. The van der Waals surface area contributed by atoms with Crippen molar-refractivity contribution in [1.29, 1.82) is 0 Å². The van der Waals surface area contributed by atoms with E-state index in [1.807, 2.05) is 28.8 Å². The molecule has 130 valence electrons. The van der Waals surface area contributed by atoms with Crippen LogP contribution in [0.25, 0.3) is 5.65 Å². The highest BCUT2D eigenvalue weighted by Crippen LogP contribution is 2.34. The maximum Gasteiger partial charge on any atom is 0.218 e. The van der Waals surface area contributed by atoms with Gasteiger partial charge in [0, 0.05) is 12.7 Å². The van der Waals surface area contributed by atoms with Crippen LogP contribution < -0.4 is 0 Å². The molecule has 0 spiro atoms. The highest BCUT2D eigenvalue weighted by atomic mass is 32.2. The van der Waals surface area contributed by atoms with E-state index in [1.54, 1.807) is 0 Å². The van der Waals surface area contributed by atoms with Crippen molar-refractivity contribution in [3.63, 3.8) is 0 Å². The molecule has 1 fully saturated rings. The van der Waals surface area contributed by atoms with Crippen molar-refractivity contribution >= 4 is 15.7 Å². The van der Waals surface area contributed by atoms with E-state index in [0.717, 1.165) is 6.42 Å². The molecule has 8 heteroatoms. The topological polar surface area (TPSA) is 67.6 Å². The maximum absolute atomic E-state index is 13.0. The Morgan fingerprint density at radius 3 is 2.72 bits per heavy atom.